The predicted molar refractivity (Wildman–Crippen MR) is 82.8 cm³/mol. The van der Waals surface area contributed by atoms with Crippen LogP contribution in [0, 0.1) is 0 Å². The summed E-state index contributed by atoms with van der Waals surface area (Å²) in [6.07, 6.45) is 1.60. The van der Waals surface area contributed by atoms with Crippen LogP contribution in [0.3, 0.4) is 0 Å². The van der Waals surface area contributed by atoms with Gasteiger partial charge in [0.05, 0.1) is 36.2 Å². The van der Waals surface area contributed by atoms with Crippen LogP contribution in [0.1, 0.15) is 40.8 Å². The third kappa shape index (κ3) is 3.69. The van der Waals surface area contributed by atoms with Crippen molar-refractivity contribution in [2.75, 3.05) is 12.4 Å². The topological polar surface area (TPSA) is 90.1 Å². The highest BCUT2D eigenvalue weighted by molar-refractivity contribution is 7.09. The van der Waals surface area contributed by atoms with Gasteiger partial charge >= 0.3 is 0 Å². The number of carbonyl (C=O) groups is 1. The Labute approximate surface area is 127 Å². The Hall–Kier alpha value is -2.15. The molecule has 0 saturated heterocycles. The predicted octanol–water partition coefficient (Wildman–Crippen LogP) is 2.38. The minimum absolute atomic E-state index is 0.226. The van der Waals surface area contributed by atoms with Crippen molar-refractivity contribution in [1.29, 1.82) is 0 Å². The van der Waals surface area contributed by atoms with Crippen molar-refractivity contribution in [3.8, 4) is 5.88 Å². The van der Waals surface area contributed by atoms with Crippen molar-refractivity contribution in [1.82, 2.24) is 9.97 Å². The average molecular weight is 306 g/mol. The second-order valence-electron chi connectivity index (χ2n) is 4.83. The zero-order chi connectivity index (χ0) is 15.4. The van der Waals surface area contributed by atoms with Crippen LogP contribution in [-0.4, -0.2) is 23.0 Å². The van der Waals surface area contributed by atoms with Crippen LogP contribution in [0.5, 0.6) is 5.88 Å². The molecule has 21 heavy (non-hydrogen) atoms. The van der Waals surface area contributed by atoms with E-state index in [0.29, 0.717) is 18.2 Å². The summed E-state index contributed by atoms with van der Waals surface area (Å²) in [6, 6.07) is 1.63. The number of amides is 1. The molecule has 0 aliphatic heterocycles. The minimum Gasteiger partial charge on any atom is -0.480 e. The molecule has 0 bridgehead atoms. The highest BCUT2D eigenvalue weighted by atomic mass is 32.1. The number of anilines is 1. The molecule has 0 saturated carbocycles. The fourth-order valence-corrected chi connectivity index (χ4v) is 2.58. The molecule has 2 aromatic heterocycles. The molecule has 0 unspecified atom stereocenters. The van der Waals surface area contributed by atoms with Crippen LogP contribution in [0.4, 0.5) is 5.69 Å². The van der Waals surface area contributed by atoms with Gasteiger partial charge in [0.1, 0.15) is 5.56 Å². The highest BCUT2D eigenvalue weighted by Crippen LogP contribution is 2.21. The van der Waals surface area contributed by atoms with Crippen molar-refractivity contribution in [2.45, 2.75) is 26.3 Å². The van der Waals surface area contributed by atoms with E-state index in [1.807, 2.05) is 5.38 Å². The molecule has 3 N–H and O–H groups in total. The molecule has 0 aromatic carbocycles. The Morgan fingerprint density at radius 2 is 2.29 bits per heavy atom. The summed E-state index contributed by atoms with van der Waals surface area (Å²) in [6.45, 7) is 4.79. The molecule has 7 heteroatoms. The van der Waals surface area contributed by atoms with Crippen LogP contribution >= 0.6 is 11.3 Å². The molecule has 0 radical (unpaired) electrons. The number of nitrogens with one attached hydrogen (secondary N) is 1. The van der Waals surface area contributed by atoms with Gasteiger partial charge in [-0.3, -0.25) is 4.79 Å². The second kappa shape index (κ2) is 6.53. The van der Waals surface area contributed by atoms with Crippen molar-refractivity contribution in [3.63, 3.8) is 0 Å². The lowest BCUT2D eigenvalue weighted by atomic mass is 10.2. The number of pyridine rings is 1. The van der Waals surface area contributed by atoms with Gasteiger partial charge < -0.3 is 15.8 Å². The second-order valence-corrected chi connectivity index (χ2v) is 5.72. The summed E-state index contributed by atoms with van der Waals surface area (Å²) in [5.41, 5.74) is 7.22. The Kier molecular flexibility index (Phi) is 4.74. The monoisotopic (exact) mass is 306 g/mol. The fraction of sp³-hybridized carbons (Fsp3) is 0.357. The number of aromatic nitrogens is 2. The number of ether oxygens (including phenoxy) is 1. The first kappa shape index (κ1) is 15.2. The minimum atomic E-state index is -0.571. The number of thiazole rings is 1. The normalized spacial score (nSPS) is 10.7. The van der Waals surface area contributed by atoms with E-state index in [0.717, 1.165) is 10.7 Å². The first-order chi connectivity index (χ1) is 10.0. The molecular weight excluding hydrogens is 288 g/mol. The number of nitrogens with zero attached hydrogens (tertiary/aromatic N) is 2. The number of methoxy groups -OCH3 is 1. The molecule has 1 amide bonds. The van der Waals surface area contributed by atoms with E-state index in [2.05, 4.69) is 29.1 Å². The van der Waals surface area contributed by atoms with Gasteiger partial charge in [0.25, 0.3) is 5.91 Å². The fourth-order valence-electron chi connectivity index (χ4n) is 1.75. The molecule has 0 atom stereocenters. The summed E-state index contributed by atoms with van der Waals surface area (Å²) >= 11 is 1.65. The zero-order valence-corrected chi connectivity index (χ0v) is 13.0. The lowest BCUT2D eigenvalue weighted by molar-refractivity contribution is 0.0996. The molecular formula is C14H18N4O2S. The third-order valence-electron chi connectivity index (χ3n) is 2.85. The molecule has 2 heterocycles. The molecule has 2 rings (SSSR count). The van der Waals surface area contributed by atoms with Crippen molar-refractivity contribution in [3.05, 3.63) is 33.9 Å². The Balaban J connectivity index is 2.09. The first-order valence-electron chi connectivity index (χ1n) is 6.53. The smallest absolute Gasteiger partial charge is 0.254 e. The van der Waals surface area contributed by atoms with Crippen LogP contribution in [0.2, 0.25) is 0 Å². The third-order valence-corrected chi connectivity index (χ3v) is 4.04. The van der Waals surface area contributed by atoms with Crippen molar-refractivity contribution in [2.24, 2.45) is 5.73 Å². The van der Waals surface area contributed by atoms with E-state index in [4.69, 9.17) is 10.5 Å². The quantitative estimate of drug-likeness (QED) is 0.855. The van der Waals surface area contributed by atoms with Gasteiger partial charge in [0, 0.05) is 11.3 Å². The van der Waals surface area contributed by atoms with Crippen LogP contribution < -0.4 is 15.8 Å². The Bertz CT molecular complexity index is 640. The lowest BCUT2D eigenvalue weighted by Gasteiger charge is -2.08. The molecule has 6 nitrogen and oxygen atoms in total. The zero-order valence-electron chi connectivity index (χ0n) is 12.2. The first-order valence-corrected chi connectivity index (χ1v) is 7.41. The largest absolute Gasteiger partial charge is 0.480 e. The Morgan fingerprint density at radius 3 is 2.86 bits per heavy atom. The number of carbonyl (C=O) groups excluding carboxylic acids is 1. The Morgan fingerprint density at radius 1 is 1.52 bits per heavy atom. The van der Waals surface area contributed by atoms with Crippen LogP contribution in [0.25, 0.3) is 0 Å². The molecule has 0 aliphatic rings. The van der Waals surface area contributed by atoms with Gasteiger partial charge in [-0.25, -0.2) is 9.97 Å². The van der Waals surface area contributed by atoms with Gasteiger partial charge in [0.15, 0.2) is 0 Å². The highest BCUT2D eigenvalue weighted by Gasteiger charge is 2.12. The summed E-state index contributed by atoms with van der Waals surface area (Å²) in [5, 5.41) is 6.31. The number of hydrogen-bond donors (Lipinski definition) is 2. The maximum Gasteiger partial charge on any atom is 0.254 e. The number of primary amides is 1. The van der Waals surface area contributed by atoms with E-state index in [9.17, 15) is 4.79 Å². The summed E-state index contributed by atoms with van der Waals surface area (Å²) < 4.78 is 5.00. The molecule has 112 valence electrons. The summed E-state index contributed by atoms with van der Waals surface area (Å²) in [4.78, 5) is 19.9. The SMILES string of the molecule is COc1ncc(NCc2csc(C(C)C)n2)cc1C(N)=O. The summed E-state index contributed by atoms with van der Waals surface area (Å²) in [5.74, 6) is 0.0791. The van der Waals surface area contributed by atoms with Crippen LogP contribution in [0.15, 0.2) is 17.6 Å². The number of rotatable bonds is 6. The molecule has 0 fully saturated rings. The summed E-state index contributed by atoms with van der Waals surface area (Å²) in [7, 11) is 1.45. The van der Waals surface area contributed by atoms with Gasteiger partial charge in [0.2, 0.25) is 5.88 Å². The number of hydrogen-bond acceptors (Lipinski definition) is 6. The molecule has 2 aromatic rings. The molecule has 0 spiro atoms. The van der Waals surface area contributed by atoms with E-state index in [1.54, 1.807) is 23.6 Å². The van der Waals surface area contributed by atoms with Gasteiger partial charge in [-0.2, -0.15) is 0 Å². The molecule has 0 aliphatic carbocycles. The van der Waals surface area contributed by atoms with Crippen molar-refractivity contribution >= 4 is 22.9 Å². The maximum atomic E-state index is 11.3. The van der Waals surface area contributed by atoms with E-state index in [1.165, 1.54) is 7.11 Å². The van der Waals surface area contributed by atoms with E-state index < -0.39 is 5.91 Å². The lowest BCUT2D eigenvalue weighted by Crippen LogP contribution is -2.14. The van der Waals surface area contributed by atoms with Crippen molar-refractivity contribution < 1.29 is 9.53 Å². The van der Waals surface area contributed by atoms with Crippen LogP contribution in [-0.2, 0) is 6.54 Å². The van der Waals surface area contributed by atoms with Gasteiger partial charge in [-0.05, 0) is 6.07 Å². The standard InChI is InChI=1S/C14H18N4O2S/c1-8(2)14-18-10(7-21-14)6-16-9-4-11(12(15)19)13(20-3)17-5-9/h4-5,7-8,16H,6H2,1-3H3,(H2,15,19). The number of nitrogens with two attached hydrogens (primary N) is 1. The van der Waals surface area contributed by atoms with E-state index >= 15 is 0 Å². The maximum absolute atomic E-state index is 11.3. The van der Waals surface area contributed by atoms with Gasteiger partial charge in [-0.15, -0.1) is 11.3 Å². The average Bonchev–Trinajstić information content (AvgIpc) is 2.94. The van der Waals surface area contributed by atoms with E-state index in [-0.39, 0.29) is 11.4 Å². The van der Waals surface area contributed by atoms with Gasteiger partial charge in [-0.1, -0.05) is 13.8 Å².